The standard InChI is InChI=1S/C13H26N4O/c1-10(2)17-13(12(18-6)9-15-17)11(14-3)7-8-16(4)5/h9-11,14H,7-8H2,1-6H3. The molecule has 0 saturated carbocycles. The van der Waals surface area contributed by atoms with Gasteiger partial charge in [0.25, 0.3) is 0 Å². The van der Waals surface area contributed by atoms with Crippen molar-refractivity contribution in [3.05, 3.63) is 11.9 Å². The molecule has 1 aromatic heterocycles. The van der Waals surface area contributed by atoms with Gasteiger partial charge in [0.2, 0.25) is 0 Å². The summed E-state index contributed by atoms with van der Waals surface area (Å²) in [6, 6.07) is 0.589. The summed E-state index contributed by atoms with van der Waals surface area (Å²) in [6.45, 7) is 5.29. The summed E-state index contributed by atoms with van der Waals surface area (Å²) in [5, 5.41) is 7.78. The highest BCUT2D eigenvalue weighted by Crippen LogP contribution is 2.29. The van der Waals surface area contributed by atoms with Crippen molar-refractivity contribution in [2.75, 3.05) is 34.8 Å². The van der Waals surface area contributed by atoms with Crippen LogP contribution in [0, 0.1) is 0 Å². The zero-order valence-corrected chi connectivity index (χ0v) is 12.4. The van der Waals surface area contributed by atoms with Crippen LogP contribution >= 0.6 is 0 Å². The zero-order valence-electron chi connectivity index (χ0n) is 12.4. The van der Waals surface area contributed by atoms with E-state index in [0.29, 0.717) is 6.04 Å². The lowest BCUT2D eigenvalue weighted by molar-refractivity contribution is 0.343. The Balaban J connectivity index is 2.98. The first-order valence-corrected chi connectivity index (χ1v) is 6.44. The van der Waals surface area contributed by atoms with E-state index in [9.17, 15) is 0 Å². The molecule has 0 aliphatic rings. The molecule has 0 radical (unpaired) electrons. The second-order valence-corrected chi connectivity index (χ2v) is 5.07. The van der Waals surface area contributed by atoms with Gasteiger partial charge in [-0.25, -0.2) is 0 Å². The van der Waals surface area contributed by atoms with Gasteiger partial charge in [-0.3, -0.25) is 4.68 Å². The number of aromatic nitrogens is 2. The largest absolute Gasteiger partial charge is 0.493 e. The fraction of sp³-hybridized carbons (Fsp3) is 0.769. The Morgan fingerprint density at radius 3 is 2.56 bits per heavy atom. The van der Waals surface area contributed by atoms with Crippen LogP contribution in [0.15, 0.2) is 6.20 Å². The first-order valence-electron chi connectivity index (χ1n) is 6.44. The molecule has 1 unspecified atom stereocenters. The summed E-state index contributed by atoms with van der Waals surface area (Å²) in [7, 11) is 7.86. The van der Waals surface area contributed by atoms with Crippen molar-refractivity contribution in [1.29, 1.82) is 0 Å². The van der Waals surface area contributed by atoms with Crippen LogP contribution in [0.1, 0.15) is 38.0 Å². The van der Waals surface area contributed by atoms with Gasteiger partial charge < -0.3 is 15.0 Å². The smallest absolute Gasteiger partial charge is 0.161 e. The van der Waals surface area contributed by atoms with Gasteiger partial charge in [-0.05, 0) is 48.0 Å². The molecule has 0 amide bonds. The lowest BCUT2D eigenvalue weighted by Gasteiger charge is -2.22. The number of ether oxygens (including phenoxy) is 1. The van der Waals surface area contributed by atoms with E-state index in [1.54, 1.807) is 13.3 Å². The number of nitrogens with zero attached hydrogens (tertiary/aromatic N) is 3. The predicted molar refractivity (Wildman–Crippen MR) is 74.1 cm³/mol. The average molecular weight is 254 g/mol. The van der Waals surface area contributed by atoms with Crippen LogP contribution in [-0.2, 0) is 0 Å². The SMILES string of the molecule is CNC(CCN(C)C)c1c(OC)cnn1C(C)C. The molecule has 1 aromatic rings. The van der Waals surface area contributed by atoms with Gasteiger partial charge >= 0.3 is 0 Å². The number of methoxy groups -OCH3 is 1. The fourth-order valence-corrected chi connectivity index (χ4v) is 2.06. The molecule has 104 valence electrons. The molecule has 5 nitrogen and oxygen atoms in total. The van der Waals surface area contributed by atoms with E-state index in [1.165, 1.54) is 0 Å². The molecule has 0 spiro atoms. The fourth-order valence-electron chi connectivity index (χ4n) is 2.06. The van der Waals surface area contributed by atoms with Crippen molar-refractivity contribution in [3.63, 3.8) is 0 Å². The second kappa shape index (κ2) is 6.75. The Morgan fingerprint density at radius 2 is 2.11 bits per heavy atom. The molecular weight excluding hydrogens is 228 g/mol. The molecule has 0 saturated heterocycles. The maximum absolute atomic E-state index is 5.43. The van der Waals surface area contributed by atoms with Gasteiger partial charge in [0.1, 0.15) is 0 Å². The van der Waals surface area contributed by atoms with Crippen LogP contribution in [0.5, 0.6) is 5.75 Å². The van der Waals surface area contributed by atoms with Gasteiger partial charge in [0, 0.05) is 6.04 Å². The second-order valence-electron chi connectivity index (χ2n) is 5.07. The van der Waals surface area contributed by atoms with E-state index in [2.05, 4.69) is 43.3 Å². The molecule has 0 aliphatic heterocycles. The van der Waals surface area contributed by atoms with Gasteiger partial charge in [-0.15, -0.1) is 0 Å². The van der Waals surface area contributed by atoms with Crippen molar-refractivity contribution in [3.8, 4) is 5.75 Å². The maximum atomic E-state index is 5.43. The van der Waals surface area contributed by atoms with Crippen LogP contribution in [0.2, 0.25) is 0 Å². The number of hydrogen-bond donors (Lipinski definition) is 1. The van der Waals surface area contributed by atoms with Crippen LogP contribution in [0.4, 0.5) is 0 Å². The molecule has 5 heteroatoms. The molecule has 18 heavy (non-hydrogen) atoms. The number of nitrogens with one attached hydrogen (secondary N) is 1. The lowest BCUT2D eigenvalue weighted by Crippen LogP contribution is -2.26. The van der Waals surface area contributed by atoms with Crippen LogP contribution in [0.3, 0.4) is 0 Å². The average Bonchev–Trinajstić information content (AvgIpc) is 2.73. The summed E-state index contributed by atoms with van der Waals surface area (Å²) in [4.78, 5) is 2.19. The first kappa shape index (κ1) is 15.0. The van der Waals surface area contributed by atoms with E-state index >= 15 is 0 Å². The zero-order chi connectivity index (χ0) is 13.7. The molecule has 0 aromatic carbocycles. The van der Waals surface area contributed by atoms with Gasteiger partial charge in [-0.2, -0.15) is 5.10 Å². The topological polar surface area (TPSA) is 42.3 Å². The van der Waals surface area contributed by atoms with E-state index < -0.39 is 0 Å². The highest BCUT2D eigenvalue weighted by atomic mass is 16.5. The Bertz CT molecular complexity index is 360. The molecular formula is C13H26N4O. The predicted octanol–water partition coefficient (Wildman–Crippen LogP) is 1.68. The minimum Gasteiger partial charge on any atom is -0.493 e. The summed E-state index contributed by atoms with van der Waals surface area (Å²) in [6.07, 6.45) is 2.83. The maximum Gasteiger partial charge on any atom is 0.161 e. The van der Waals surface area contributed by atoms with E-state index in [-0.39, 0.29) is 6.04 Å². The summed E-state index contributed by atoms with van der Waals surface area (Å²) in [5.41, 5.74) is 1.14. The molecule has 1 heterocycles. The van der Waals surface area contributed by atoms with E-state index in [4.69, 9.17) is 4.74 Å². The molecule has 1 atom stereocenters. The Labute approximate surface area is 110 Å². The Hall–Kier alpha value is -1.07. The van der Waals surface area contributed by atoms with Gasteiger partial charge in [-0.1, -0.05) is 0 Å². The minimum atomic E-state index is 0.257. The third kappa shape index (κ3) is 3.46. The van der Waals surface area contributed by atoms with Crippen LogP contribution in [0.25, 0.3) is 0 Å². The molecule has 0 bridgehead atoms. The normalized spacial score (nSPS) is 13.3. The lowest BCUT2D eigenvalue weighted by atomic mass is 10.1. The number of rotatable bonds is 7. The van der Waals surface area contributed by atoms with Crippen molar-refractivity contribution in [2.45, 2.75) is 32.4 Å². The highest BCUT2D eigenvalue weighted by Gasteiger charge is 2.21. The van der Waals surface area contributed by atoms with Crippen molar-refractivity contribution in [2.24, 2.45) is 0 Å². The highest BCUT2D eigenvalue weighted by molar-refractivity contribution is 5.28. The van der Waals surface area contributed by atoms with Crippen LogP contribution in [-0.4, -0.2) is 49.5 Å². The third-order valence-corrected chi connectivity index (χ3v) is 3.05. The minimum absolute atomic E-state index is 0.257. The van der Waals surface area contributed by atoms with E-state index in [1.807, 2.05) is 11.7 Å². The molecule has 0 fully saturated rings. The third-order valence-electron chi connectivity index (χ3n) is 3.05. The van der Waals surface area contributed by atoms with Gasteiger partial charge in [0.05, 0.1) is 25.0 Å². The number of hydrogen-bond acceptors (Lipinski definition) is 4. The Kier molecular flexibility index (Phi) is 5.62. The van der Waals surface area contributed by atoms with Crippen LogP contribution < -0.4 is 10.1 Å². The van der Waals surface area contributed by atoms with Gasteiger partial charge in [0.15, 0.2) is 5.75 Å². The summed E-state index contributed by atoms with van der Waals surface area (Å²) >= 11 is 0. The van der Waals surface area contributed by atoms with Crippen molar-refractivity contribution >= 4 is 0 Å². The molecule has 1 N–H and O–H groups in total. The first-order chi connectivity index (χ1) is 8.51. The monoisotopic (exact) mass is 254 g/mol. The summed E-state index contributed by atoms with van der Waals surface area (Å²) < 4.78 is 7.47. The van der Waals surface area contributed by atoms with E-state index in [0.717, 1.165) is 24.4 Å². The Morgan fingerprint density at radius 1 is 1.44 bits per heavy atom. The van der Waals surface area contributed by atoms with Crippen molar-refractivity contribution in [1.82, 2.24) is 20.0 Å². The quantitative estimate of drug-likeness (QED) is 0.804. The molecule has 1 rings (SSSR count). The van der Waals surface area contributed by atoms with Crippen molar-refractivity contribution < 1.29 is 4.74 Å². The summed E-state index contributed by atoms with van der Waals surface area (Å²) in [5.74, 6) is 0.863. The molecule has 0 aliphatic carbocycles.